The van der Waals surface area contributed by atoms with Crippen LogP contribution in [0.4, 0.5) is 0 Å². The van der Waals surface area contributed by atoms with Gasteiger partial charge in [-0.15, -0.1) is 0 Å². The van der Waals surface area contributed by atoms with Crippen LogP contribution in [0.15, 0.2) is 35.2 Å². The molecule has 13 heavy (non-hydrogen) atoms. The summed E-state index contributed by atoms with van der Waals surface area (Å²) in [6, 6.07) is 3.83. The zero-order chi connectivity index (χ0) is 9.26. The molecule has 0 aromatic carbocycles. The Kier molecular flexibility index (Phi) is 2.14. The fourth-order valence-electron chi connectivity index (χ4n) is 1.08. The number of aryl methyl sites for hydroxylation is 1. The summed E-state index contributed by atoms with van der Waals surface area (Å²) in [7, 11) is 0. The summed E-state index contributed by atoms with van der Waals surface area (Å²) in [5.74, 6) is 0.824. The van der Waals surface area contributed by atoms with E-state index in [0.717, 1.165) is 15.9 Å². The Bertz CT molecular complexity index is 409. The van der Waals surface area contributed by atoms with Crippen LogP contribution in [0.5, 0.6) is 0 Å². The molecule has 0 bridgehead atoms. The molecule has 2 heterocycles. The Hall–Kier alpha value is -1.16. The number of pyridine rings is 1. The molecule has 0 N–H and O–H groups in total. The molecular formula is C9H8BrN3. The van der Waals surface area contributed by atoms with Crippen molar-refractivity contribution in [2.24, 2.45) is 0 Å². The Morgan fingerprint density at radius 2 is 2.23 bits per heavy atom. The average molecular weight is 238 g/mol. The van der Waals surface area contributed by atoms with Gasteiger partial charge in [0.25, 0.3) is 0 Å². The highest BCUT2D eigenvalue weighted by Crippen LogP contribution is 2.21. The molecular weight excluding hydrogens is 230 g/mol. The van der Waals surface area contributed by atoms with Gasteiger partial charge in [-0.25, -0.2) is 9.67 Å². The lowest BCUT2D eigenvalue weighted by molar-refractivity contribution is 0.839. The Labute approximate surface area is 84.5 Å². The molecule has 0 fully saturated rings. The average Bonchev–Trinajstić information content (AvgIpc) is 2.62. The first-order valence-corrected chi connectivity index (χ1v) is 4.69. The van der Waals surface area contributed by atoms with E-state index in [1.54, 1.807) is 17.1 Å². The van der Waals surface area contributed by atoms with Gasteiger partial charge in [0.2, 0.25) is 0 Å². The Balaban J connectivity index is 2.59. The van der Waals surface area contributed by atoms with Crippen molar-refractivity contribution < 1.29 is 0 Å². The summed E-state index contributed by atoms with van der Waals surface area (Å²) < 4.78 is 2.72. The predicted molar refractivity (Wildman–Crippen MR) is 53.8 cm³/mol. The van der Waals surface area contributed by atoms with Gasteiger partial charge in [0, 0.05) is 18.6 Å². The van der Waals surface area contributed by atoms with Crippen molar-refractivity contribution in [2.45, 2.75) is 6.92 Å². The summed E-state index contributed by atoms with van der Waals surface area (Å²) >= 11 is 3.48. The van der Waals surface area contributed by atoms with E-state index in [1.165, 1.54) is 0 Å². The van der Waals surface area contributed by atoms with E-state index in [2.05, 4.69) is 26.0 Å². The Morgan fingerprint density at radius 3 is 2.92 bits per heavy atom. The normalized spacial score (nSPS) is 10.3. The SMILES string of the molecule is Cc1ccnc(-n2cccn2)c1Br. The van der Waals surface area contributed by atoms with Gasteiger partial charge in [-0.2, -0.15) is 5.10 Å². The van der Waals surface area contributed by atoms with Crippen molar-refractivity contribution in [3.05, 3.63) is 40.8 Å². The zero-order valence-corrected chi connectivity index (χ0v) is 8.69. The molecule has 0 saturated carbocycles. The maximum Gasteiger partial charge on any atom is 0.167 e. The minimum atomic E-state index is 0.824. The summed E-state index contributed by atoms with van der Waals surface area (Å²) in [5.41, 5.74) is 1.15. The van der Waals surface area contributed by atoms with E-state index in [1.807, 2.05) is 25.3 Å². The van der Waals surface area contributed by atoms with Crippen molar-refractivity contribution >= 4 is 15.9 Å². The summed E-state index contributed by atoms with van der Waals surface area (Å²) in [4.78, 5) is 4.24. The van der Waals surface area contributed by atoms with E-state index in [-0.39, 0.29) is 0 Å². The lowest BCUT2D eigenvalue weighted by Crippen LogP contribution is -1.99. The van der Waals surface area contributed by atoms with Gasteiger partial charge < -0.3 is 0 Å². The molecule has 0 aliphatic heterocycles. The highest BCUT2D eigenvalue weighted by molar-refractivity contribution is 9.10. The van der Waals surface area contributed by atoms with Crippen molar-refractivity contribution in [1.82, 2.24) is 14.8 Å². The Morgan fingerprint density at radius 1 is 1.38 bits per heavy atom. The molecule has 2 rings (SSSR count). The van der Waals surface area contributed by atoms with Gasteiger partial charge in [-0.1, -0.05) is 0 Å². The van der Waals surface area contributed by atoms with E-state index < -0.39 is 0 Å². The van der Waals surface area contributed by atoms with Crippen LogP contribution in [0.1, 0.15) is 5.56 Å². The minimum absolute atomic E-state index is 0.824. The molecule has 0 saturated heterocycles. The van der Waals surface area contributed by atoms with E-state index in [0.29, 0.717) is 0 Å². The quantitative estimate of drug-likeness (QED) is 0.763. The highest BCUT2D eigenvalue weighted by atomic mass is 79.9. The largest absolute Gasteiger partial charge is 0.236 e. The molecule has 2 aromatic heterocycles. The maximum atomic E-state index is 4.24. The highest BCUT2D eigenvalue weighted by Gasteiger charge is 2.05. The standard InChI is InChI=1S/C9H8BrN3/c1-7-3-5-11-9(8(7)10)13-6-2-4-12-13/h2-6H,1H3. The summed E-state index contributed by atoms with van der Waals surface area (Å²) in [5, 5.41) is 4.11. The fraction of sp³-hybridized carbons (Fsp3) is 0.111. The third kappa shape index (κ3) is 1.49. The summed E-state index contributed by atoms with van der Waals surface area (Å²) in [6.07, 6.45) is 5.38. The van der Waals surface area contributed by atoms with Crippen molar-refractivity contribution in [2.75, 3.05) is 0 Å². The van der Waals surface area contributed by atoms with Crippen molar-refractivity contribution in [3.8, 4) is 5.82 Å². The second-order valence-corrected chi connectivity index (χ2v) is 3.51. The minimum Gasteiger partial charge on any atom is -0.236 e. The number of halogens is 1. The van der Waals surface area contributed by atoms with Crippen LogP contribution in [-0.2, 0) is 0 Å². The third-order valence-electron chi connectivity index (χ3n) is 1.79. The van der Waals surface area contributed by atoms with Gasteiger partial charge in [0.05, 0.1) is 4.47 Å². The van der Waals surface area contributed by atoms with Crippen LogP contribution in [-0.4, -0.2) is 14.8 Å². The van der Waals surface area contributed by atoms with Gasteiger partial charge in [-0.3, -0.25) is 0 Å². The molecule has 0 radical (unpaired) electrons. The van der Waals surface area contributed by atoms with E-state index >= 15 is 0 Å². The first kappa shape index (κ1) is 8.44. The number of rotatable bonds is 1. The molecule has 66 valence electrons. The molecule has 4 heteroatoms. The first-order chi connectivity index (χ1) is 6.29. The summed E-state index contributed by atoms with van der Waals surface area (Å²) in [6.45, 7) is 2.03. The second kappa shape index (κ2) is 3.30. The predicted octanol–water partition coefficient (Wildman–Crippen LogP) is 2.34. The monoisotopic (exact) mass is 237 g/mol. The lowest BCUT2D eigenvalue weighted by Gasteiger charge is -2.04. The lowest BCUT2D eigenvalue weighted by atomic mass is 10.3. The van der Waals surface area contributed by atoms with Gasteiger partial charge >= 0.3 is 0 Å². The molecule has 3 nitrogen and oxygen atoms in total. The second-order valence-electron chi connectivity index (χ2n) is 2.72. The molecule has 0 aliphatic carbocycles. The fourth-order valence-corrected chi connectivity index (χ4v) is 1.50. The van der Waals surface area contributed by atoms with Crippen LogP contribution < -0.4 is 0 Å². The molecule has 0 spiro atoms. The maximum absolute atomic E-state index is 4.24. The number of nitrogens with zero attached hydrogens (tertiary/aromatic N) is 3. The van der Waals surface area contributed by atoms with Crippen LogP contribution >= 0.6 is 15.9 Å². The number of aromatic nitrogens is 3. The topological polar surface area (TPSA) is 30.7 Å². The molecule has 2 aromatic rings. The van der Waals surface area contributed by atoms with E-state index in [9.17, 15) is 0 Å². The molecule has 0 aliphatic rings. The first-order valence-electron chi connectivity index (χ1n) is 3.90. The molecule has 0 amide bonds. The van der Waals surface area contributed by atoms with E-state index in [4.69, 9.17) is 0 Å². The van der Waals surface area contributed by atoms with Crippen LogP contribution in [0.3, 0.4) is 0 Å². The third-order valence-corrected chi connectivity index (χ3v) is 2.77. The van der Waals surface area contributed by atoms with Gasteiger partial charge in [-0.05, 0) is 40.5 Å². The van der Waals surface area contributed by atoms with Crippen LogP contribution in [0, 0.1) is 6.92 Å². The van der Waals surface area contributed by atoms with Crippen molar-refractivity contribution in [3.63, 3.8) is 0 Å². The van der Waals surface area contributed by atoms with Crippen LogP contribution in [0.25, 0.3) is 5.82 Å². The smallest absolute Gasteiger partial charge is 0.167 e. The number of hydrogen-bond acceptors (Lipinski definition) is 2. The molecule has 0 atom stereocenters. The van der Waals surface area contributed by atoms with Crippen LogP contribution in [0.2, 0.25) is 0 Å². The van der Waals surface area contributed by atoms with Gasteiger partial charge in [0.1, 0.15) is 0 Å². The zero-order valence-electron chi connectivity index (χ0n) is 7.11. The number of hydrogen-bond donors (Lipinski definition) is 0. The van der Waals surface area contributed by atoms with Crippen molar-refractivity contribution in [1.29, 1.82) is 0 Å². The molecule has 0 unspecified atom stereocenters. The van der Waals surface area contributed by atoms with Gasteiger partial charge in [0.15, 0.2) is 5.82 Å².